The van der Waals surface area contributed by atoms with Crippen molar-refractivity contribution in [2.45, 2.75) is 46.1 Å². The Morgan fingerprint density at radius 2 is 1.86 bits per heavy atom. The van der Waals surface area contributed by atoms with E-state index >= 15 is 0 Å². The minimum atomic E-state index is -0.317. The molecule has 0 saturated heterocycles. The van der Waals surface area contributed by atoms with Gasteiger partial charge in [0.1, 0.15) is 5.75 Å². The van der Waals surface area contributed by atoms with E-state index in [2.05, 4.69) is 10.6 Å². The SMILES string of the molecule is CCNC(=NCc1ccccc1OCC)NCC1(C(=O)N(C)C)CCCC1.I. The van der Waals surface area contributed by atoms with Gasteiger partial charge in [-0.25, -0.2) is 4.99 Å². The Labute approximate surface area is 186 Å². The van der Waals surface area contributed by atoms with Gasteiger partial charge in [-0.2, -0.15) is 0 Å². The quantitative estimate of drug-likeness (QED) is 0.325. The van der Waals surface area contributed by atoms with Gasteiger partial charge in [-0.3, -0.25) is 4.79 Å². The summed E-state index contributed by atoms with van der Waals surface area (Å²) < 4.78 is 5.68. The Hall–Kier alpha value is -1.51. The minimum absolute atomic E-state index is 0. The van der Waals surface area contributed by atoms with Gasteiger partial charge >= 0.3 is 0 Å². The van der Waals surface area contributed by atoms with Crippen molar-refractivity contribution in [1.82, 2.24) is 15.5 Å². The van der Waals surface area contributed by atoms with E-state index in [0.29, 0.717) is 19.7 Å². The van der Waals surface area contributed by atoms with E-state index in [4.69, 9.17) is 9.73 Å². The Balaban J connectivity index is 0.00000392. The highest BCUT2D eigenvalue weighted by Crippen LogP contribution is 2.38. The summed E-state index contributed by atoms with van der Waals surface area (Å²) in [7, 11) is 3.68. The fraction of sp³-hybridized carbons (Fsp3) is 0.619. The molecule has 28 heavy (non-hydrogen) atoms. The smallest absolute Gasteiger partial charge is 0.230 e. The average Bonchev–Trinajstić information content (AvgIpc) is 3.14. The maximum atomic E-state index is 12.7. The zero-order chi connectivity index (χ0) is 19.7. The van der Waals surface area contributed by atoms with Gasteiger partial charge in [-0.1, -0.05) is 31.0 Å². The maximum absolute atomic E-state index is 12.7. The molecule has 7 heteroatoms. The van der Waals surface area contributed by atoms with E-state index in [1.165, 1.54) is 0 Å². The molecule has 1 aromatic carbocycles. The first kappa shape index (κ1) is 24.5. The first-order valence-corrected chi connectivity index (χ1v) is 9.97. The van der Waals surface area contributed by atoms with Gasteiger partial charge in [0.15, 0.2) is 5.96 Å². The molecule has 1 amide bonds. The minimum Gasteiger partial charge on any atom is -0.494 e. The summed E-state index contributed by atoms with van der Waals surface area (Å²) in [4.78, 5) is 19.2. The lowest BCUT2D eigenvalue weighted by Gasteiger charge is -2.31. The summed E-state index contributed by atoms with van der Waals surface area (Å²) in [5.74, 6) is 1.82. The molecule has 1 aliphatic carbocycles. The largest absolute Gasteiger partial charge is 0.494 e. The van der Waals surface area contributed by atoms with Crippen LogP contribution in [0.1, 0.15) is 45.1 Å². The van der Waals surface area contributed by atoms with Crippen LogP contribution < -0.4 is 15.4 Å². The van der Waals surface area contributed by atoms with Gasteiger partial charge in [-0.05, 0) is 32.8 Å². The highest BCUT2D eigenvalue weighted by atomic mass is 127. The molecule has 1 aromatic rings. The number of para-hydroxylation sites is 1. The number of benzene rings is 1. The van der Waals surface area contributed by atoms with Gasteiger partial charge in [0, 0.05) is 32.7 Å². The van der Waals surface area contributed by atoms with Crippen molar-refractivity contribution in [3.63, 3.8) is 0 Å². The lowest BCUT2D eigenvalue weighted by Crippen LogP contribution is -2.49. The number of ether oxygens (including phenoxy) is 1. The fourth-order valence-electron chi connectivity index (χ4n) is 3.68. The number of aliphatic imine (C=N–C) groups is 1. The first-order chi connectivity index (χ1) is 13.0. The van der Waals surface area contributed by atoms with Gasteiger partial charge in [-0.15, -0.1) is 24.0 Å². The number of hydrogen-bond donors (Lipinski definition) is 2. The van der Waals surface area contributed by atoms with Gasteiger partial charge in [0.25, 0.3) is 0 Å². The highest BCUT2D eigenvalue weighted by molar-refractivity contribution is 14.0. The molecule has 0 spiro atoms. The number of amides is 1. The van der Waals surface area contributed by atoms with Gasteiger partial charge in [0.05, 0.1) is 18.6 Å². The molecule has 1 saturated carbocycles. The summed E-state index contributed by atoms with van der Waals surface area (Å²) in [6, 6.07) is 7.97. The Bertz CT molecular complexity index is 643. The van der Waals surface area contributed by atoms with Crippen LogP contribution in [0, 0.1) is 5.41 Å². The van der Waals surface area contributed by atoms with E-state index in [1.54, 1.807) is 4.90 Å². The summed E-state index contributed by atoms with van der Waals surface area (Å²) in [6.07, 6.45) is 4.08. The fourth-order valence-corrected chi connectivity index (χ4v) is 3.68. The zero-order valence-corrected chi connectivity index (χ0v) is 19.9. The molecule has 1 aliphatic rings. The van der Waals surface area contributed by atoms with Crippen LogP contribution in [0.25, 0.3) is 0 Å². The molecular weight excluding hydrogens is 467 g/mol. The molecule has 158 valence electrons. The second kappa shape index (κ2) is 12.1. The van der Waals surface area contributed by atoms with Crippen molar-refractivity contribution in [3.05, 3.63) is 29.8 Å². The Morgan fingerprint density at radius 1 is 1.18 bits per heavy atom. The lowest BCUT2D eigenvalue weighted by molar-refractivity contribution is -0.138. The van der Waals surface area contributed by atoms with E-state index in [9.17, 15) is 4.79 Å². The van der Waals surface area contributed by atoms with Crippen molar-refractivity contribution < 1.29 is 9.53 Å². The molecule has 0 aliphatic heterocycles. The molecular formula is C21H35IN4O2. The average molecular weight is 502 g/mol. The monoisotopic (exact) mass is 502 g/mol. The summed E-state index contributed by atoms with van der Waals surface area (Å²) in [6.45, 7) is 6.57. The molecule has 0 aromatic heterocycles. The van der Waals surface area contributed by atoms with E-state index in [1.807, 2.05) is 52.2 Å². The van der Waals surface area contributed by atoms with Crippen molar-refractivity contribution in [2.24, 2.45) is 10.4 Å². The van der Waals surface area contributed by atoms with E-state index < -0.39 is 0 Å². The van der Waals surface area contributed by atoms with Crippen LogP contribution in [-0.2, 0) is 11.3 Å². The van der Waals surface area contributed by atoms with Crippen molar-refractivity contribution in [2.75, 3.05) is 33.8 Å². The van der Waals surface area contributed by atoms with Crippen LogP contribution in [0.2, 0.25) is 0 Å². The molecule has 0 heterocycles. The lowest BCUT2D eigenvalue weighted by atomic mass is 9.84. The summed E-state index contributed by atoms with van der Waals surface area (Å²) in [5.41, 5.74) is 0.736. The predicted octanol–water partition coefficient (Wildman–Crippen LogP) is 3.41. The molecule has 6 nitrogen and oxygen atoms in total. The number of hydrogen-bond acceptors (Lipinski definition) is 3. The normalized spacial score (nSPS) is 15.5. The Morgan fingerprint density at radius 3 is 2.46 bits per heavy atom. The topological polar surface area (TPSA) is 66.0 Å². The van der Waals surface area contributed by atoms with Crippen LogP contribution in [-0.4, -0.2) is 50.6 Å². The maximum Gasteiger partial charge on any atom is 0.230 e. The number of nitrogens with zero attached hydrogens (tertiary/aromatic N) is 2. The Kier molecular flexibility index (Phi) is 10.6. The van der Waals surface area contributed by atoms with Crippen molar-refractivity contribution >= 4 is 35.8 Å². The van der Waals surface area contributed by atoms with Crippen LogP contribution in [0.3, 0.4) is 0 Å². The molecule has 0 unspecified atom stereocenters. The van der Waals surface area contributed by atoms with Crippen LogP contribution in [0.15, 0.2) is 29.3 Å². The second-order valence-corrected chi connectivity index (χ2v) is 7.28. The third-order valence-electron chi connectivity index (χ3n) is 5.04. The number of rotatable bonds is 8. The molecule has 2 rings (SSSR count). The highest BCUT2D eigenvalue weighted by Gasteiger charge is 2.42. The second-order valence-electron chi connectivity index (χ2n) is 7.28. The van der Waals surface area contributed by atoms with Gasteiger partial charge in [0.2, 0.25) is 5.91 Å². The number of carbonyl (C=O) groups excluding carboxylic acids is 1. The standard InChI is InChI=1S/C21H34N4O2.HI/c1-5-22-20(23-15-17-11-7-8-12-18(17)27-6-2)24-16-21(13-9-10-14-21)19(26)25(3)4;/h7-8,11-12H,5-6,9-10,13-16H2,1-4H3,(H2,22,23,24);1H. The van der Waals surface area contributed by atoms with Crippen molar-refractivity contribution in [3.8, 4) is 5.75 Å². The molecule has 0 radical (unpaired) electrons. The van der Waals surface area contributed by atoms with Crippen molar-refractivity contribution in [1.29, 1.82) is 0 Å². The number of guanidine groups is 1. The third-order valence-corrected chi connectivity index (χ3v) is 5.04. The zero-order valence-electron chi connectivity index (χ0n) is 17.6. The van der Waals surface area contributed by atoms with Crippen LogP contribution >= 0.6 is 24.0 Å². The van der Waals surface area contributed by atoms with Crippen LogP contribution in [0.5, 0.6) is 5.75 Å². The molecule has 2 N–H and O–H groups in total. The van der Waals surface area contributed by atoms with E-state index in [0.717, 1.165) is 49.5 Å². The molecule has 0 atom stereocenters. The van der Waals surface area contributed by atoms with Gasteiger partial charge < -0.3 is 20.3 Å². The number of carbonyl (C=O) groups is 1. The first-order valence-electron chi connectivity index (χ1n) is 9.97. The molecule has 0 bridgehead atoms. The number of nitrogens with one attached hydrogen (secondary N) is 2. The third kappa shape index (κ3) is 6.53. The number of halogens is 1. The summed E-state index contributed by atoms with van der Waals surface area (Å²) in [5, 5.41) is 6.70. The molecule has 1 fully saturated rings. The van der Waals surface area contributed by atoms with E-state index in [-0.39, 0.29) is 35.3 Å². The predicted molar refractivity (Wildman–Crippen MR) is 125 cm³/mol. The van der Waals surface area contributed by atoms with Crippen LogP contribution in [0.4, 0.5) is 0 Å². The summed E-state index contributed by atoms with van der Waals surface area (Å²) >= 11 is 0.